The van der Waals surface area contributed by atoms with E-state index in [1.807, 2.05) is 50.2 Å². The number of nitrogens with one attached hydrogen (secondary N) is 1. The van der Waals surface area contributed by atoms with E-state index in [0.29, 0.717) is 5.52 Å². The molecule has 4 nitrogen and oxygen atoms in total. The van der Waals surface area contributed by atoms with Crippen LogP contribution in [0.5, 0.6) is 5.75 Å². The van der Waals surface area contributed by atoms with Gasteiger partial charge in [-0.3, -0.25) is 0 Å². The maximum absolute atomic E-state index is 11.0. The molecule has 4 rings (SSSR count). The van der Waals surface area contributed by atoms with Crippen LogP contribution in [-0.4, -0.2) is 15.1 Å². The maximum atomic E-state index is 11.0. The van der Waals surface area contributed by atoms with E-state index in [-0.39, 0.29) is 11.8 Å². The van der Waals surface area contributed by atoms with Gasteiger partial charge in [-0.2, -0.15) is 0 Å². The van der Waals surface area contributed by atoms with E-state index in [2.05, 4.69) is 33.7 Å². The summed E-state index contributed by atoms with van der Waals surface area (Å²) in [6, 6.07) is 13.8. The van der Waals surface area contributed by atoms with Gasteiger partial charge in [-0.25, -0.2) is 9.97 Å². The minimum absolute atomic E-state index is 0.203. The molecular formula is C22H21N3OS. The second kappa shape index (κ2) is 7.00. The predicted octanol–water partition coefficient (Wildman–Crippen LogP) is 5.52. The number of phenols is 1. The first-order valence-corrected chi connectivity index (χ1v) is 9.73. The molecule has 0 saturated heterocycles. The van der Waals surface area contributed by atoms with Crippen molar-refractivity contribution in [3.05, 3.63) is 81.3 Å². The van der Waals surface area contributed by atoms with Crippen LogP contribution in [0.1, 0.15) is 33.3 Å². The lowest BCUT2D eigenvalue weighted by Crippen LogP contribution is -2.13. The Balaban J connectivity index is 1.87. The summed E-state index contributed by atoms with van der Waals surface area (Å²) < 4.78 is 0. The number of aryl methyl sites for hydroxylation is 3. The van der Waals surface area contributed by atoms with E-state index < -0.39 is 0 Å². The zero-order valence-electron chi connectivity index (χ0n) is 15.5. The molecule has 1 atom stereocenters. The van der Waals surface area contributed by atoms with Gasteiger partial charge in [-0.15, -0.1) is 11.3 Å². The first kappa shape index (κ1) is 17.5. The second-order valence-electron chi connectivity index (χ2n) is 6.79. The summed E-state index contributed by atoms with van der Waals surface area (Å²) in [5.41, 5.74) is 4.63. The van der Waals surface area contributed by atoms with Crippen molar-refractivity contribution in [3.63, 3.8) is 0 Å². The number of aromatic hydroxyl groups is 1. The Morgan fingerprint density at radius 2 is 1.85 bits per heavy atom. The van der Waals surface area contributed by atoms with Crippen molar-refractivity contribution in [2.45, 2.75) is 26.8 Å². The number of benzene rings is 1. The van der Waals surface area contributed by atoms with Gasteiger partial charge in [0.15, 0.2) is 0 Å². The maximum Gasteiger partial charge on any atom is 0.147 e. The van der Waals surface area contributed by atoms with Crippen molar-refractivity contribution in [1.82, 2.24) is 9.97 Å². The summed E-state index contributed by atoms with van der Waals surface area (Å²) in [5.74, 6) is 0.999. The fraction of sp³-hybridized carbons (Fsp3) is 0.182. The molecule has 136 valence electrons. The smallest absolute Gasteiger partial charge is 0.147 e. The lowest BCUT2D eigenvalue weighted by molar-refractivity contribution is 0.472. The third-order valence-electron chi connectivity index (χ3n) is 4.69. The summed E-state index contributed by atoms with van der Waals surface area (Å²) in [5, 5.41) is 17.6. The van der Waals surface area contributed by atoms with Crippen molar-refractivity contribution in [2.75, 3.05) is 5.32 Å². The molecule has 5 heteroatoms. The lowest BCUT2D eigenvalue weighted by Gasteiger charge is -2.21. The monoisotopic (exact) mass is 375 g/mol. The molecule has 3 aromatic heterocycles. The average Bonchev–Trinajstić information content (AvgIpc) is 3.07. The van der Waals surface area contributed by atoms with Crippen LogP contribution in [0.15, 0.2) is 54.0 Å². The number of hydrogen-bond donors (Lipinski definition) is 2. The molecule has 27 heavy (non-hydrogen) atoms. The van der Waals surface area contributed by atoms with Crippen LogP contribution in [0.4, 0.5) is 5.82 Å². The van der Waals surface area contributed by atoms with Gasteiger partial charge >= 0.3 is 0 Å². The van der Waals surface area contributed by atoms with Gasteiger partial charge in [0.25, 0.3) is 0 Å². The van der Waals surface area contributed by atoms with E-state index >= 15 is 0 Å². The SMILES string of the molecule is Cc1ccnc(NC(c2ccc3ccc(C)nc3c2O)c2sccc2C)c1. The number of pyridine rings is 2. The quantitative estimate of drug-likeness (QED) is 0.493. The fourth-order valence-electron chi connectivity index (χ4n) is 3.25. The highest BCUT2D eigenvalue weighted by molar-refractivity contribution is 7.10. The van der Waals surface area contributed by atoms with Crippen molar-refractivity contribution in [2.24, 2.45) is 0 Å². The van der Waals surface area contributed by atoms with Gasteiger partial charge in [0.05, 0.1) is 6.04 Å². The van der Waals surface area contributed by atoms with E-state index in [4.69, 9.17) is 0 Å². The molecule has 0 spiro atoms. The third kappa shape index (κ3) is 3.38. The minimum atomic E-state index is -0.203. The first-order chi connectivity index (χ1) is 13.0. The summed E-state index contributed by atoms with van der Waals surface area (Å²) in [6.45, 7) is 6.06. The van der Waals surface area contributed by atoms with E-state index in [0.717, 1.165) is 32.9 Å². The number of thiophene rings is 1. The van der Waals surface area contributed by atoms with Gasteiger partial charge in [0.2, 0.25) is 0 Å². The molecule has 0 fully saturated rings. The Morgan fingerprint density at radius 1 is 1.04 bits per heavy atom. The van der Waals surface area contributed by atoms with E-state index in [1.165, 1.54) is 5.56 Å². The molecule has 2 N–H and O–H groups in total. The van der Waals surface area contributed by atoms with Crippen LogP contribution >= 0.6 is 11.3 Å². The average molecular weight is 375 g/mol. The highest BCUT2D eigenvalue weighted by Crippen LogP contribution is 2.39. The van der Waals surface area contributed by atoms with Crippen molar-refractivity contribution in [3.8, 4) is 5.75 Å². The third-order valence-corrected chi connectivity index (χ3v) is 5.77. The number of anilines is 1. The van der Waals surface area contributed by atoms with Gasteiger partial charge in [-0.05, 0) is 61.5 Å². The summed E-state index contributed by atoms with van der Waals surface area (Å²) in [6.07, 6.45) is 1.79. The normalized spacial score (nSPS) is 12.3. The molecule has 1 aromatic carbocycles. The van der Waals surface area contributed by atoms with Crippen LogP contribution < -0.4 is 5.32 Å². The van der Waals surface area contributed by atoms with Crippen molar-refractivity contribution < 1.29 is 5.11 Å². The zero-order valence-corrected chi connectivity index (χ0v) is 16.3. The molecular weight excluding hydrogens is 354 g/mol. The van der Waals surface area contributed by atoms with Gasteiger partial charge < -0.3 is 10.4 Å². The molecule has 0 aliphatic carbocycles. The standard InChI is InChI=1S/C22H21N3OS/c1-13-8-10-23-18(12-13)25-20(22-14(2)9-11-27-22)17-7-6-16-5-4-15(3)24-19(16)21(17)26/h4-12,20,26H,1-3H3,(H,23,25). The van der Waals surface area contributed by atoms with E-state index in [1.54, 1.807) is 17.5 Å². The number of nitrogens with zero attached hydrogens (tertiary/aromatic N) is 2. The van der Waals surface area contributed by atoms with Crippen LogP contribution in [0.2, 0.25) is 0 Å². The number of phenolic OH excluding ortho intramolecular Hbond substituents is 1. The molecule has 0 aliphatic rings. The molecule has 0 saturated carbocycles. The Kier molecular flexibility index (Phi) is 4.54. The predicted molar refractivity (Wildman–Crippen MR) is 112 cm³/mol. The molecule has 1 unspecified atom stereocenters. The van der Waals surface area contributed by atoms with Crippen LogP contribution in [0.3, 0.4) is 0 Å². The summed E-state index contributed by atoms with van der Waals surface area (Å²) >= 11 is 1.67. The first-order valence-electron chi connectivity index (χ1n) is 8.85. The molecule has 0 aliphatic heterocycles. The Hall–Kier alpha value is -2.92. The lowest BCUT2D eigenvalue weighted by atomic mass is 9.99. The Morgan fingerprint density at radius 3 is 2.59 bits per heavy atom. The minimum Gasteiger partial charge on any atom is -0.505 e. The van der Waals surface area contributed by atoms with Gasteiger partial charge in [0.1, 0.15) is 17.1 Å². The number of rotatable bonds is 4. The Labute approximate surface area is 162 Å². The molecule has 0 radical (unpaired) electrons. The summed E-state index contributed by atoms with van der Waals surface area (Å²) in [4.78, 5) is 10.2. The van der Waals surface area contributed by atoms with Crippen molar-refractivity contribution in [1.29, 1.82) is 0 Å². The fourth-order valence-corrected chi connectivity index (χ4v) is 4.24. The topological polar surface area (TPSA) is 58.0 Å². The van der Waals surface area contributed by atoms with Crippen molar-refractivity contribution >= 4 is 28.1 Å². The van der Waals surface area contributed by atoms with Gasteiger partial charge in [-0.1, -0.05) is 18.2 Å². The van der Waals surface area contributed by atoms with Crippen LogP contribution in [0, 0.1) is 20.8 Å². The molecule has 4 aromatic rings. The number of aromatic nitrogens is 2. The molecule has 3 heterocycles. The highest BCUT2D eigenvalue weighted by atomic mass is 32.1. The molecule has 0 bridgehead atoms. The van der Waals surface area contributed by atoms with Crippen LogP contribution in [-0.2, 0) is 0 Å². The number of fused-ring (bicyclic) bond motifs is 1. The van der Waals surface area contributed by atoms with Gasteiger partial charge in [0, 0.05) is 27.7 Å². The largest absolute Gasteiger partial charge is 0.505 e. The zero-order chi connectivity index (χ0) is 19.0. The Bertz CT molecular complexity index is 1120. The second-order valence-corrected chi connectivity index (χ2v) is 7.74. The van der Waals surface area contributed by atoms with Crippen LogP contribution in [0.25, 0.3) is 10.9 Å². The highest BCUT2D eigenvalue weighted by Gasteiger charge is 2.23. The number of hydrogen-bond acceptors (Lipinski definition) is 5. The molecule has 0 amide bonds. The summed E-state index contributed by atoms with van der Waals surface area (Å²) in [7, 11) is 0. The van der Waals surface area contributed by atoms with E-state index in [9.17, 15) is 5.11 Å².